The topological polar surface area (TPSA) is 81.0 Å². The third-order valence-electron chi connectivity index (χ3n) is 3.66. The van der Waals surface area contributed by atoms with Gasteiger partial charge in [-0.2, -0.15) is 4.98 Å². The van der Waals surface area contributed by atoms with E-state index >= 15 is 0 Å². The molecule has 1 fully saturated rings. The molecule has 2 rings (SSSR count). The van der Waals surface area contributed by atoms with Gasteiger partial charge in [-0.3, -0.25) is 10.1 Å². The van der Waals surface area contributed by atoms with Crippen LogP contribution in [0.15, 0.2) is 6.20 Å². The van der Waals surface area contributed by atoms with Crippen LogP contribution < -0.4 is 5.32 Å². The molecule has 18 heavy (non-hydrogen) atoms. The maximum Gasteiger partial charge on any atom is 0.329 e. The van der Waals surface area contributed by atoms with Crippen LogP contribution >= 0.6 is 11.6 Å². The molecule has 1 aromatic heterocycles. The highest BCUT2D eigenvalue weighted by atomic mass is 35.5. The quantitative estimate of drug-likeness (QED) is 0.505. The van der Waals surface area contributed by atoms with Crippen LogP contribution in [-0.4, -0.2) is 21.4 Å². The van der Waals surface area contributed by atoms with Gasteiger partial charge in [0.2, 0.25) is 11.1 Å². The lowest BCUT2D eigenvalue weighted by Gasteiger charge is -2.20. The van der Waals surface area contributed by atoms with Crippen LogP contribution in [0.5, 0.6) is 0 Å². The second-order valence-corrected chi connectivity index (χ2v) is 5.34. The van der Waals surface area contributed by atoms with Gasteiger partial charge in [-0.05, 0) is 35.8 Å². The number of rotatable bonds is 5. The molecule has 1 aliphatic carbocycles. The van der Waals surface area contributed by atoms with Gasteiger partial charge in [0, 0.05) is 6.54 Å². The summed E-state index contributed by atoms with van der Waals surface area (Å²) >= 11 is 5.66. The second-order valence-electron chi connectivity index (χ2n) is 5.00. The summed E-state index contributed by atoms with van der Waals surface area (Å²) in [5.41, 5.74) is 0.102. The molecule has 0 amide bonds. The van der Waals surface area contributed by atoms with Crippen LogP contribution in [0.1, 0.15) is 26.7 Å². The van der Waals surface area contributed by atoms with Gasteiger partial charge in [-0.1, -0.05) is 13.8 Å². The molecule has 1 N–H and O–H groups in total. The van der Waals surface area contributed by atoms with Crippen molar-refractivity contribution in [2.24, 2.45) is 11.3 Å². The lowest BCUT2D eigenvalue weighted by Crippen LogP contribution is -2.21. The van der Waals surface area contributed by atoms with Gasteiger partial charge in [0.1, 0.15) is 6.20 Å². The molecule has 1 aromatic rings. The summed E-state index contributed by atoms with van der Waals surface area (Å²) in [5, 5.41) is 13.9. The van der Waals surface area contributed by atoms with Crippen LogP contribution in [0.25, 0.3) is 0 Å². The van der Waals surface area contributed by atoms with Crippen LogP contribution in [0, 0.1) is 21.4 Å². The van der Waals surface area contributed by atoms with E-state index < -0.39 is 4.92 Å². The first-order valence-electron chi connectivity index (χ1n) is 5.85. The molecule has 6 nitrogen and oxygen atoms in total. The number of hydrogen-bond donors (Lipinski definition) is 1. The lowest BCUT2D eigenvalue weighted by molar-refractivity contribution is -0.384. The standard InChI is InChI=1S/C11H15ClN4O2/c1-7(2)11(3-4-11)6-14-9-8(16(17)18)5-13-10(12)15-9/h5,7H,3-4,6H2,1-2H3,(H,13,14,15). The first kappa shape index (κ1) is 13.0. The van der Waals surface area contributed by atoms with Crippen molar-refractivity contribution in [2.45, 2.75) is 26.7 Å². The van der Waals surface area contributed by atoms with Crippen molar-refractivity contribution < 1.29 is 4.92 Å². The molecule has 0 bridgehead atoms. The average molecular weight is 271 g/mol. The molecule has 1 aliphatic rings. The molecule has 98 valence electrons. The van der Waals surface area contributed by atoms with Crippen molar-refractivity contribution in [1.29, 1.82) is 0 Å². The Bertz CT molecular complexity index is 474. The summed E-state index contributed by atoms with van der Waals surface area (Å²) in [4.78, 5) is 17.9. The molecule has 0 saturated heterocycles. The van der Waals surface area contributed by atoms with Gasteiger partial charge in [-0.25, -0.2) is 4.98 Å². The zero-order chi connectivity index (χ0) is 13.3. The molecular weight excluding hydrogens is 256 g/mol. The van der Waals surface area contributed by atoms with Crippen LogP contribution in [0.3, 0.4) is 0 Å². The Morgan fingerprint density at radius 3 is 2.78 bits per heavy atom. The van der Waals surface area contributed by atoms with E-state index in [1.165, 1.54) is 0 Å². The lowest BCUT2D eigenvalue weighted by atomic mass is 9.92. The minimum absolute atomic E-state index is 0.0116. The average Bonchev–Trinajstić information content (AvgIpc) is 3.07. The van der Waals surface area contributed by atoms with E-state index in [9.17, 15) is 10.1 Å². The number of hydrogen-bond acceptors (Lipinski definition) is 5. The molecule has 1 saturated carbocycles. The Balaban J connectivity index is 2.14. The smallest absolute Gasteiger partial charge is 0.329 e. The fourth-order valence-corrected chi connectivity index (χ4v) is 2.13. The van der Waals surface area contributed by atoms with E-state index in [4.69, 9.17) is 11.6 Å². The van der Waals surface area contributed by atoms with Crippen LogP contribution in [0.2, 0.25) is 5.28 Å². The van der Waals surface area contributed by atoms with E-state index in [2.05, 4.69) is 29.1 Å². The molecule has 0 spiro atoms. The SMILES string of the molecule is CC(C)C1(CNc2nc(Cl)ncc2[N+](=O)[O-])CC1. The third kappa shape index (κ3) is 2.53. The first-order valence-corrected chi connectivity index (χ1v) is 6.23. The molecule has 0 aromatic carbocycles. The summed E-state index contributed by atoms with van der Waals surface area (Å²) in [6.45, 7) is 5.00. The number of halogens is 1. The van der Waals surface area contributed by atoms with Gasteiger partial charge < -0.3 is 5.32 Å². The largest absolute Gasteiger partial charge is 0.364 e. The summed E-state index contributed by atoms with van der Waals surface area (Å²) in [5.74, 6) is 0.744. The number of nitro groups is 1. The molecule has 1 heterocycles. The Hall–Kier alpha value is -1.43. The fourth-order valence-electron chi connectivity index (χ4n) is 2.00. The fraction of sp³-hybridized carbons (Fsp3) is 0.636. The summed E-state index contributed by atoms with van der Waals surface area (Å²) in [6.07, 6.45) is 3.42. The van der Waals surface area contributed by atoms with E-state index in [1.807, 2.05) is 0 Å². The van der Waals surface area contributed by atoms with E-state index in [0.29, 0.717) is 12.5 Å². The van der Waals surface area contributed by atoms with Gasteiger partial charge in [-0.15, -0.1) is 0 Å². The Morgan fingerprint density at radius 2 is 2.28 bits per heavy atom. The van der Waals surface area contributed by atoms with E-state index in [0.717, 1.165) is 19.0 Å². The molecule has 0 radical (unpaired) electrons. The second kappa shape index (κ2) is 4.68. The van der Waals surface area contributed by atoms with Crippen LogP contribution in [-0.2, 0) is 0 Å². The maximum atomic E-state index is 10.8. The van der Waals surface area contributed by atoms with E-state index in [1.54, 1.807) is 0 Å². The zero-order valence-corrected chi connectivity index (χ0v) is 11.1. The Morgan fingerprint density at radius 1 is 1.61 bits per heavy atom. The summed E-state index contributed by atoms with van der Waals surface area (Å²) in [6, 6.07) is 0. The highest BCUT2D eigenvalue weighted by molar-refractivity contribution is 6.28. The third-order valence-corrected chi connectivity index (χ3v) is 3.84. The predicted molar refractivity (Wildman–Crippen MR) is 68.7 cm³/mol. The van der Waals surface area contributed by atoms with Crippen molar-refractivity contribution in [3.63, 3.8) is 0 Å². The molecule has 7 heteroatoms. The summed E-state index contributed by atoms with van der Waals surface area (Å²) < 4.78 is 0. The summed E-state index contributed by atoms with van der Waals surface area (Å²) in [7, 11) is 0. The highest BCUT2D eigenvalue weighted by Crippen LogP contribution is 2.51. The Labute approximate surface area is 110 Å². The van der Waals surface area contributed by atoms with Crippen molar-refractivity contribution in [2.75, 3.05) is 11.9 Å². The normalized spacial score (nSPS) is 16.7. The number of nitrogens with one attached hydrogen (secondary N) is 1. The van der Waals surface area contributed by atoms with Gasteiger partial charge in [0.25, 0.3) is 0 Å². The first-order chi connectivity index (χ1) is 8.44. The van der Waals surface area contributed by atoms with Crippen molar-refractivity contribution in [3.05, 3.63) is 21.6 Å². The maximum absolute atomic E-state index is 10.8. The van der Waals surface area contributed by atoms with Crippen molar-refractivity contribution in [1.82, 2.24) is 9.97 Å². The highest BCUT2D eigenvalue weighted by Gasteiger charge is 2.45. The zero-order valence-electron chi connectivity index (χ0n) is 10.3. The Kier molecular flexibility index (Phi) is 3.38. The molecule has 0 atom stereocenters. The number of anilines is 1. The molecular formula is C11H15ClN4O2. The minimum atomic E-state index is -0.506. The minimum Gasteiger partial charge on any atom is -0.364 e. The van der Waals surface area contributed by atoms with Gasteiger partial charge in [0.05, 0.1) is 4.92 Å². The molecule has 0 unspecified atom stereocenters. The van der Waals surface area contributed by atoms with Crippen LogP contribution in [0.4, 0.5) is 11.5 Å². The predicted octanol–water partition coefficient (Wildman–Crippen LogP) is 2.89. The van der Waals surface area contributed by atoms with Crippen molar-refractivity contribution >= 4 is 23.1 Å². The van der Waals surface area contributed by atoms with E-state index in [-0.39, 0.29) is 22.2 Å². The number of aromatic nitrogens is 2. The number of nitrogens with zero attached hydrogens (tertiary/aromatic N) is 3. The molecule has 0 aliphatic heterocycles. The monoisotopic (exact) mass is 270 g/mol. The van der Waals surface area contributed by atoms with Crippen molar-refractivity contribution in [3.8, 4) is 0 Å². The van der Waals surface area contributed by atoms with Gasteiger partial charge >= 0.3 is 5.69 Å². The van der Waals surface area contributed by atoms with Gasteiger partial charge in [0.15, 0.2) is 0 Å².